The van der Waals surface area contributed by atoms with Crippen molar-refractivity contribution >= 4 is 17.3 Å². The lowest BCUT2D eigenvalue weighted by atomic mass is 9.97. The highest BCUT2D eigenvalue weighted by Gasteiger charge is 2.33. The molecule has 1 unspecified atom stereocenters. The molecule has 1 aliphatic heterocycles. The Bertz CT molecular complexity index is 382. The summed E-state index contributed by atoms with van der Waals surface area (Å²) >= 11 is 1.36. The van der Waals surface area contributed by atoms with Crippen LogP contribution in [0.2, 0.25) is 0 Å². The summed E-state index contributed by atoms with van der Waals surface area (Å²) in [6.07, 6.45) is 4.77. The molecule has 1 aromatic heterocycles. The van der Waals surface area contributed by atoms with Gasteiger partial charge < -0.3 is 9.47 Å². The number of methoxy groups -OCH3 is 1. The van der Waals surface area contributed by atoms with Gasteiger partial charge in [0.25, 0.3) is 0 Å². The van der Waals surface area contributed by atoms with Crippen LogP contribution in [0.5, 0.6) is 0 Å². The van der Waals surface area contributed by atoms with Crippen molar-refractivity contribution in [2.45, 2.75) is 31.8 Å². The van der Waals surface area contributed by atoms with Crippen LogP contribution < -0.4 is 0 Å². The predicted octanol–water partition coefficient (Wildman–Crippen LogP) is 2.35. The fourth-order valence-electron chi connectivity index (χ4n) is 1.82. The Kier molecular flexibility index (Phi) is 3.25. The average Bonchev–Trinajstić information content (AvgIpc) is 2.79. The minimum Gasteiger partial charge on any atom is -0.465 e. The monoisotopic (exact) mass is 241 g/mol. The second-order valence-corrected chi connectivity index (χ2v) is 5.09. The molecule has 0 aromatic carbocycles. The van der Waals surface area contributed by atoms with Gasteiger partial charge in [0.1, 0.15) is 15.5 Å². The lowest BCUT2D eigenvalue weighted by molar-refractivity contribution is -0.0702. The number of nitrogens with zero attached hydrogens (tertiary/aromatic N) is 1. The SMILES string of the molecule is COC(=O)c1cnc(C2(C)CCCCO2)s1. The number of hydrogen-bond donors (Lipinski definition) is 0. The van der Waals surface area contributed by atoms with Crippen molar-refractivity contribution in [3.05, 3.63) is 16.1 Å². The first kappa shape index (κ1) is 11.5. The van der Waals surface area contributed by atoms with Crippen LogP contribution in [0.15, 0.2) is 6.20 Å². The fraction of sp³-hybridized carbons (Fsp3) is 0.636. The summed E-state index contributed by atoms with van der Waals surface area (Å²) in [7, 11) is 1.38. The van der Waals surface area contributed by atoms with Gasteiger partial charge in [0.2, 0.25) is 0 Å². The van der Waals surface area contributed by atoms with Gasteiger partial charge in [-0.05, 0) is 26.2 Å². The molecule has 0 saturated carbocycles. The number of ether oxygens (including phenoxy) is 2. The number of carbonyl (C=O) groups is 1. The molecule has 0 bridgehead atoms. The molecule has 1 fully saturated rings. The number of aromatic nitrogens is 1. The van der Waals surface area contributed by atoms with Gasteiger partial charge in [0.05, 0.1) is 13.3 Å². The first-order chi connectivity index (χ1) is 7.65. The number of hydrogen-bond acceptors (Lipinski definition) is 5. The minimum atomic E-state index is -0.330. The molecule has 0 spiro atoms. The smallest absolute Gasteiger partial charge is 0.349 e. The number of thiazole rings is 1. The van der Waals surface area contributed by atoms with E-state index in [9.17, 15) is 4.79 Å². The molecule has 1 aliphatic rings. The van der Waals surface area contributed by atoms with Crippen LogP contribution in [0.1, 0.15) is 40.9 Å². The Morgan fingerprint density at radius 1 is 1.62 bits per heavy atom. The number of carbonyl (C=O) groups excluding carboxylic acids is 1. The van der Waals surface area contributed by atoms with Crippen LogP contribution in [0.25, 0.3) is 0 Å². The molecule has 0 N–H and O–H groups in total. The predicted molar refractivity (Wildman–Crippen MR) is 60.6 cm³/mol. The van der Waals surface area contributed by atoms with Crippen LogP contribution in [0.3, 0.4) is 0 Å². The summed E-state index contributed by atoms with van der Waals surface area (Å²) in [6.45, 7) is 2.80. The van der Waals surface area contributed by atoms with E-state index in [4.69, 9.17) is 4.74 Å². The first-order valence-corrected chi connectivity index (χ1v) is 6.16. The van der Waals surface area contributed by atoms with E-state index in [0.717, 1.165) is 30.9 Å². The van der Waals surface area contributed by atoms with E-state index in [2.05, 4.69) is 9.72 Å². The highest BCUT2D eigenvalue weighted by atomic mass is 32.1. The quantitative estimate of drug-likeness (QED) is 0.746. The zero-order valence-electron chi connectivity index (χ0n) is 9.49. The molecule has 1 atom stereocenters. The van der Waals surface area contributed by atoms with Gasteiger partial charge in [-0.15, -0.1) is 11.3 Å². The van der Waals surface area contributed by atoms with Gasteiger partial charge in [-0.25, -0.2) is 9.78 Å². The Hall–Kier alpha value is -0.940. The molecule has 0 aliphatic carbocycles. The fourth-order valence-corrected chi connectivity index (χ4v) is 2.78. The van der Waals surface area contributed by atoms with Crippen molar-refractivity contribution in [2.75, 3.05) is 13.7 Å². The van der Waals surface area contributed by atoms with E-state index < -0.39 is 0 Å². The molecule has 0 radical (unpaired) electrons. The molecule has 0 amide bonds. The Balaban J connectivity index is 2.20. The Morgan fingerprint density at radius 2 is 2.44 bits per heavy atom. The maximum absolute atomic E-state index is 11.3. The molecule has 16 heavy (non-hydrogen) atoms. The Morgan fingerprint density at radius 3 is 3.06 bits per heavy atom. The van der Waals surface area contributed by atoms with Crippen LogP contribution in [-0.4, -0.2) is 24.7 Å². The van der Waals surface area contributed by atoms with Crippen LogP contribution >= 0.6 is 11.3 Å². The van der Waals surface area contributed by atoms with Gasteiger partial charge in [0.15, 0.2) is 0 Å². The average molecular weight is 241 g/mol. The lowest BCUT2D eigenvalue weighted by Gasteiger charge is -2.31. The summed E-state index contributed by atoms with van der Waals surface area (Å²) in [5.41, 5.74) is -0.324. The van der Waals surface area contributed by atoms with Crippen molar-refractivity contribution in [3.8, 4) is 0 Å². The van der Waals surface area contributed by atoms with Gasteiger partial charge in [0, 0.05) is 6.61 Å². The topological polar surface area (TPSA) is 48.4 Å². The summed E-state index contributed by atoms with van der Waals surface area (Å²) in [5.74, 6) is -0.330. The van der Waals surface area contributed by atoms with Crippen molar-refractivity contribution in [1.82, 2.24) is 4.98 Å². The third-order valence-corrected chi connectivity index (χ3v) is 4.04. The van der Waals surface area contributed by atoms with Gasteiger partial charge in [-0.1, -0.05) is 0 Å². The molecule has 4 nitrogen and oxygen atoms in total. The van der Waals surface area contributed by atoms with Crippen LogP contribution in [0.4, 0.5) is 0 Å². The van der Waals surface area contributed by atoms with Crippen molar-refractivity contribution < 1.29 is 14.3 Å². The maximum atomic E-state index is 11.3. The summed E-state index contributed by atoms with van der Waals surface area (Å²) in [4.78, 5) is 16.1. The summed E-state index contributed by atoms with van der Waals surface area (Å²) in [5, 5.41) is 0.868. The molecular formula is C11H15NO3S. The number of esters is 1. The summed E-state index contributed by atoms with van der Waals surface area (Å²) in [6, 6.07) is 0. The third-order valence-electron chi connectivity index (χ3n) is 2.81. The summed E-state index contributed by atoms with van der Waals surface area (Å²) < 4.78 is 10.4. The van der Waals surface area contributed by atoms with E-state index in [0.29, 0.717) is 4.88 Å². The second-order valence-electron chi connectivity index (χ2n) is 4.06. The molecule has 1 saturated heterocycles. The maximum Gasteiger partial charge on any atom is 0.349 e. The van der Waals surface area contributed by atoms with Crippen molar-refractivity contribution in [3.63, 3.8) is 0 Å². The molecular weight excluding hydrogens is 226 g/mol. The van der Waals surface area contributed by atoms with E-state index in [1.54, 1.807) is 6.20 Å². The number of rotatable bonds is 2. The highest BCUT2D eigenvalue weighted by molar-refractivity contribution is 7.13. The molecule has 2 rings (SSSR count). The first-order valence-electron chi connectivity index (χ1n) is 5.34. The molecule has 1 aromatic rings. The largest absolute Gasteiger partial charge is 0.465 e. The second kappa shape index (κ2) is 4.51. The van der Waals surface area contributed by atoms with Crippen LogP contribution in [0, 0.1) is 0 Å². The van der Waals surface area contributed by atoms with Gasteiger partial charge in [-0.2, -0.15) is 0 Å². The van der Waals surface area contributed by atoms with Crippen molar-refractivity contribution in [2.24, 2.45) is 0 Å². The van der Waals surface area contributed by atoms with E-state index in [-0.39, 0.29) is 11.6 Å². The molecule has 2 heterocycles. The van der Waals surface area contributed by atoms with Gasteiger partial charge in [-0.3, -0.25) is 0 Å². The normalized spacial score (nSPS) is 25.4. The van der Waals surface area contributed by atoms with E-state index >= 15 is 0 Å². The Labute approximate surface area is 98.6 Å². The zero-order chi connectivity index (χ0) is 11.6. The van der Waals surface area contributed by atoms with Crippen molar-refractivity contribution in [1.29, 1.82) is 0 Å². The van der Waals surface area contributed by atoms with E-state index in [1.165, 1.54) is 18.4 Å². The lowest BCUT2D eigenvalue weighted by Crippen LogP contribution is -2.29. The molecule has 5 heteroatoms. The zero-order valence-corrected chi connectivity index (χ0v) is 10.3. The third kappa shape index (κ3) is 2.10. The van der Waals surface area contributed by atoms with Gasteiger partial charge >= 0.3 is 5.97 Å². The molecule has 88 valence electrons. The van der Waals surface area contributed by atoms with E-state index in [1.807, 2.05) is 6.92 Å². The minimum absolute atomic E-state index is 0.324. The standard InChI is InChI=1S/C11H15NO3S/c1-11(5-3-4-6-15-11)10-12-7-8(16-10)9(13)14-2/h7H,3-6H2,1-2H3. The highest BCUT2D eigenvalue weighted by Crippen LogP contribution is 2.36. The van der Waals surface area contributed by atoms with Crippen LogP contribution in [-0.2, 0) is 15.1 Å².